The Bertz CT molecular complexity index is 1310. The van der Waals surface area contributed by atoms with Crippen molar-refractivity contribution in [3.05, 3.63) is 106 Å². The van der Waals surface area contributed by atoms with Crippen LogP contribution < -0.4 is 9.64 Å². The second kappa shape index (κ2) is 9.53. The normalized spacial score (nSPS) is 20.1. The van der Waals surface area contributed by atoms with Gasteiger partial charge >= 0.3 is 0 Å². The lowest BCUT2D eigenvalue weighted by Gasteiger charge is -2.41. The van der Waals surface area contributed by atoms with Gasteiger partial charge in [0.05, 0.1) is 12.3 Å². The molecule has 35 heavy (non-hydrogen) atoms. The van der Waals surface area contributed by atoms with Crippen LogP contribution in [0.15, 0.2) is 84.1 Å². The first-order valence-corrected chi connectivity index (χ1v) is 12.4. The van der Waals surface area contributed by atoms with Crippen molar-refractivity contribution in [2.75, 3.05) is 11.5 Å². The molecule has 4 nitrogen and oxygen atoms in total. The van der Waals surface area contributed by atoms with Crippen LogP contribution in [0.25, 0.3) is 0 Å². The summed E-state index contributed by atoms with van der Waals surface area (Å²) in [6.07, 6.45) is 1.35. The van der Waals surface area contributed by atoms with E-state index in [-0.39, 0.29) is 29.9 Å². The van der Waals surface area contributed by atoms with Crippen molar-refractivity contribution in [2.45, 2.75) is 51.9 Å². The zero-order chi connectivity index (χ0) is 24.5. The molecule has 2 unspecified atom stereocenters. The maximum absolute atomic E-state index is 13.9. The Hall–Kier alpha value is -3.66. The first-order valence-electron chi connectivity index (χ1n) is 12.4. The van der Waals surface area contributed by atoms with Crippen molar-refractivity contribution < 1.29 is 14.3 Å². The number of aryl methyl sites for hydroxylation is 2. The molecule has 0 bridgehead atoms. The van der Waals surface area contributed by atoms with Gasteiger partial charge in [0.1, 0.15) is 5.75 Å². The van der Waals surface area contributed by atoms with Gasteiger partial charge in [-0.05, 0) is 56.4 Å². The Kier molecular flexibility index (Phi) is 6.29. The van der Waals surface area contributed by atoms with E-state index in [1.807, 2.05) is 73.3 Å². The highest BCUT2D eigenvalue weighted by Gasteiger charge is 2.43. The van der Waals surface area contributed by atoms with E-state index in [1.165, 1.54) is 0 Å². The fraction of sp³-hybridized carbons (Fsp3) is 0.290. The molecule has 2 aliphatic rings. The van der Waals surface area contributed by atoms with Crippen molar-refractivity contribution in [1.29, 1.82) is 0 Å². The molecule has 3 aromatic rings. The number of para-hydroxylation sites is 1. The highest BCUT2D eigenvalue weighted by atomic mass is 16.5. The van der Waals surface area contributed by atoms with Crippen molar-refractivity contribution >= 4 is 17.4 Å². The second-order valence-electron chi connectivity index (χ2n) is 9.55. The van der Waals surface area contributed by atoms with Gasteiger partial charge in [-0.2, -0.15) is 0 Å². The molecule has 5 rings (SSSR count). The number of hydrogen-bond acceptors (Lipinski definition) is 3. The van der Waals surface area contributed by atoms with Gasteiger partial charge in [-0.1, -0.05) is 66.2 Å². The number of carbonyl (C=O) groups excluding carboxylic acids is 2. The zero-order valence-electron chi connectivity index (χ0n) is 20.6. The Morgan fingerprint density at radius 1 is 0.886 bits per heavy atom. The minimum Gasteiger partial charge on any atom is -0.494 e. The summed E-state index contributed by atoms with van der Waals surface area (Å²) in [4.78, 5) is 29.5. The molecule has 0 aromatic heterocycles. The monoisotopic (exact) mass is 465 g/mol. The summed E-state index contributed by atoms with van der Waals surface area (Å²) >= 11 is 0. The standard InChI is InChI=1S/C31H31NO3/c1-4-35-29-13-9-8-12-24(29)25-19-30(34)32(26-15-14-20(2)16-21(26)3)27-17-23(18-28(33)31(25)27)22-10-6-5-7-11-22/h5-16,23,25H,4,17-19H2,1-3H3. The Labute approximate surface area is 207 Å². The van der Waals surface area contributed by atoms with Crippen LogP contribution in [0, 0.1) is 13.8 Å². The molecule has 0 saturated heterocycles. The lowest BCUT2D eigenvalue weighted by Crippen LogP contribution is -2.42. The van der Waals surface area contributed by atoms with Crippen molar-refractivity contribution in [3.63, 3.8) is 0 Å². The van der Waals surface area contributed by atoms with Gasteiger partial charge < -0.3 is 4.74 Å². The van der Waals surface area contributed by atoms with Crippen LogP contribution in [0.3, 0.4) is 0 Å². The van der Waals surface area contributed by atoms with Crippen molar-refractivity contribution in [1.82, 2.24) is 0 Å². The molecule has 178 valence electrons. The van der Waals surface area contributed by atoms with Crippen LogP contribution in [0.4, 0.5) is 5.69 Å². The molecule has 3 aromatic carbocycles. The molecule has 4 heteroatoms. The van der Waals surface area contributed by atoms with Gasteiger partial charge in [-0.25, -0.2) is 0 Å². The summed E-state index contributed by atoms with van der Waals surface area (Å²) in [5, 5.41) is 0. The van der Waals surface area contributed by atoms with Crippen molar-refractivity contribution in [3.8, 4) is 5.75 Å². The minimum absolute atomic E-state index is 0.0218. The van der Waals surface area contributed by atoms with E-state index in [1.54, 1.807) is 0 Å². The van der Waals surface area contributed by atoms with E-state index in [0.29, 0.717) is 19.4 Å². The highest BCUT2D eigenvalue weighted by Crippen LogP contribution is 2.48. The number of amides is 1. The Balaban J connectivity index is 1.68. The predicted octanol–water partition coefficient (Wildman–Crippen LogP) is 6.62. The molecular formula is C31H31NO3. The third-order valence-electron chi connectivity index (χ3n) is 7.19. The average molecular weight is 466 g/mol. The topological polar surface area (TPSA) is 46.6 Å². The third kappa shape index (κ3) is 4.29. The summed E-state index contributed by atoms with van der Waals surface area (Å²) in [5.74, 6) is 0.639. The molecule has 0 N–H and O–H groups in total. The lowest BCUT2D eigenvalue weighted by atomic mass is 9.72. The maximum atomic E-state index is 13.9. The van der Waals surface area contributed by atoms with Crippen LogP contribution in [-0.2, 0) is 9.59 Å². The smallest absolute Gasteiger partial charge is 0.232 e. The SMILES string of the molecule is CCOc1ccccc1C1CC(=O)N(c2ccc(C)cc2C)C2=C1C(=O)CC(c1ccccc1)C2. The molecule has 0 spiro atoms. The minimum atomic E-state index is -0.300. The van der Waals surface area contributed by atoms with Crippen LogP contribution in [-0.4, -0.2) is 18.3 Å². The fourth-order valence-corrected chi connectivity index (χ4v) is 5.65. The molecule has 2 atom stereocenters. The molecule has 1 aliphatic carbocycles. The number of carbonyl (C=O) groups is 2. The van der Waals surface area contributed by atoms with Gasteiger partial charge in [0.2, 0.25) is 5.91 Å². The molecule has 1 amide bonds. The summed E-state index contributed by atoms with van der Waals surface area (Å²) in [5.41, 5.74) is 6.71. The number of ketones is 1. The Morgan fingerprint density at radius 3 is 2.37 bits per heavy atom. The average Bonchev–Trinajstić information content (AvgIpc) is 2.85. The number of anilines is 1. The molecule has 1 heterocycles. The number of nitrogens with zero attached hydrogens (tertiary/aromatic N) is 1. The second-order valence-corrected chi connectivity index (χ2v) is 9.55. The molecule has 0 fully saturated rings. The van der Waals surface area contributed by atoms with E-state index in [2.05, 4.69) is 25.1 Å². The van der Waals surface area contributed by atoms with E-state index in [9.17, 15) is 9.59 Å². The molecule has 0 radical (unpaired) electrons. The predicted molar refractivity (Wildman–Crippen MR) is 139 cm³/mol. The fourth-order valence-electron chi connectivity index (χ4n) is 5.65. The molecular weight excluding hydrogens is 434 g/mol. The largest absolute Gasteiger partial charge is 0.494 e. The first kappa shape index (κ1) is 23.1. The third-order valence-corrected chi connectivity index (χ3v) is 7.19. The summed E-state index contributed by atoms with van der Waals surface area (Å²) < 4.78 is 5.92. The van der Waals surface area contributed by atoms with E-state index >= 15 is 0 Å². The summed E-state index contributed by atoms with van der Waals surface area (Å²) in [6.45, 7) is 6.56. The zero-order valence-corrected chi connectivity index (χ0v) is 20.6. The van der Waals surface area contributed by atoms with Gasteiger partial charge in [-0.15, -0.1) is 0 Å². The van der Waals surface area contributed by atoms with E-state index < -0.39 is 0 Å². The first-order chi connectivity index (χ1) is 17.0. The van der Waals surface area contributed by atoms with Crippen LogP contribution >= 0.6 is 0 Å². The number of allylic oxidation sites excluding steroid dienone is 2. The van der Waals surface area contributed by atoms with Crippen LogP contribution in [0.1, 0.15) is 60.3 Å². The number of ether oxygens (including phenoxy) is 1. The number of benzene rings is 3. The number of Topliss-reactive ketones (excluding diaryl/α,β-unsaturated/α-hetero) is 1. The number of rotatable bonds is 5. The Morgan fingerprint density at radius 2 is 1.63 bits per heavy atom. The number of hydrogen-bond donors (Lipinski definition) is 0. The van der Waals surface area contributed by atoms with Gasteiger partial charge in [0, 0.05) is 35.6 Å². The van der Waals surface area contributed by atoms with Gasteiger partial charge in [-0.3, -0.25) is 14.5 Å². The van der Waals surface area contributed by atoms with Crippen LogP contribution in [0.2, 0.25) is 0 Å². The quantitative estimate of drug-likeness (QED) is 0.425. The van der Waals surface area contributed by atoms with E-state index in [0.717, 1.165) is 45.0 Å². The maximum Gasteiger partial charge on any atom is 0.232 e. The van der Waals surface area contributed by atoms with Crippen molar-refractivity contribution in [2.24, 2.45) is 0 Å². The van der Waals surface area contributed by atoms with Crippen LogP contribution in [0.5, 0.6) is 5.75 Å². The van der Waals surface area contributed by atoms with E-state index in [4.69, 9.17) is 4.74 Å². The molecule has 0 saturated carbocycles. The molecule has 1 aliphatic heterocycles. The lowest BCUT2D eigenvalue weighted by molar-refractivity contribution is -0.120. The van der Waals surface area contributed by atoms with Gasteiger partial charge in [0.15, 0.2) is 5.78 Å². The summed E-state index contributed by atoms with van der Waals surface area (Å²) in [6, 6.07) is 24.1. The highest BCUT2D eigenvalue weighted by molar-refractivity contribution is 6.08. The summed E-state index contributed by atoms with van der Waals surface area (Å²) in [7, 11) is 0. The van der Waals surface area contributed by atoms with Gasteiger partial charge in [0.25, 0.3) is 0 Å².